The maximum absolute atomic E-state index is 5.47. The third-order valence-corrected chi connectivity index (χ3v) is 4.66. The highest BCUT2D eigenvalue weighted by Gasteiger charge is 2.33. The molecule has 5 heteroatoms. The highest BCUT2D eigenvalue weighted by molar-refractivity contribution is 7.71. The molecule has 0 aliphatic heterocycles. The third-order valence-electron chi connectivity index (χ3n) is 4.37. The van der Waals surface area contributed by atoms with Crippen molar-refractivity contribution in [2.75, 3.05) is 11.4 Å². The number of H-pyrrole nitrogens is 1. The average Bonchev–Trinajstić information content (AvgIpc) is 2.96. The second-order valence-corrected chi connectivity index (χ2v) is 6.30. The fourth-order valence-corrected chi connectivity index (χ4v) is 3.43. The van der Waals surface area contributed by atoms with Crippen LogP contribution in [0.3, 0.4) is 0 Å². The lowest BCUT2D eigenvalue weighted by Gasteiger charge is -2.25. The van der Waals surface area contributed by atoms with Crippen LogP contribution in [0.25, 0.3) is 0 Å². The Morgan fingerprint density at radius 1 is 1.32 bits per heavy atom. The predicted octanol–water partition coefficient (Wildman–Crippen LogP) is 3.82. The zero-order chi connectivity index (χ0) is 13.2. The summed E-state index contributed by atoms with van der Waals surface area (Å²) < 4.78 is 3.11. The summed E-state index contributed by atoms with van der Waals surface area (Å²) in [5.74, 6) is 1.10. The van der Waals surface area contributed by atoms with E-state index in [-0.39, 0.29) is 0 Å². The number of nitrogens with zero attached hydrogens (tertiary/aromatic N) is 3. The maximum atomic E-state index is 5.47. The Labute approximate surface area is 120 Å². The molecule has 1 N–H and O–H groups in total. The Bertz CT molecular complexity index is 468. The van der Waals surface area contributed by atoms with Gasteiger partial charge >= 0.3 is 0 Å². The highest BCUT2D eigenvalue weighted by Crippen LogP contribution is 2.36. The maximum Gasteiger partial charge on any atom is 0.226 e. The van der Waals surface area contributed by atoms with Crippen LogP contribution in [-0.4, -0.2) is 27.4 Å². The number of rotatable bonds is 6. The molecule has 0 spiro atoms. The molecule has 0 amide bonds. The van der Waals surface area contributed by atoms with E-state index in [1.54, 1.807) is 0 Å². The summed E-state index contributed by atoms with van der Waals surface area (Å²) in [7, 11) is 0. The van der Waals surface area contributed by atoms with E-state index in [9.17, 15) is 0 Å². The van der Waals surface area contributed by atoms with Crippen molar-refractivity contribution < 1.29 is 0 Å². The second-order valence-electron chi connectivity index (χ2n) is 5.92. The van der Waals surface area contributed by atoms with Crippen molar-refractivity contribution in [3.05, 3.63) is 4.77 Å². The number of aromatic amines is 1. The van der Waals surface area contributed by atoms with Crippen LogP contribution in [0.5, 0.6) is 0 Å². The van der Waals surface area contributed by atoms with Crippen LogP contribution < -0.4 is 4.90 Å². The van der Waals surface area contributed by atoms with Gasteiger partial charge in [-0.15, -0.1) is 5.10 Å². The number of hydrogen-bond acceptors (Lipinski definition) is 3. The number of nitrogens with one attached hydrogen (secondary N) is 1. The van der Waals surface area contributed by atoms with Gasteiger partial charge in [0.15, 0.2) is 4.77 Å². The van der Waals surface area contributed by atoms with Crippen molar-refractivity contribution in [1.29, 1.82) is 0 Å². The summed E-state index contributed by atoms with van der Waals surface area (Å²) in [6.45, 7) is 3.37. The van der Waals surface area contributed by atoms with E-state index < -0.39 is 0 Å². The quantitative estimate of drug-likeness (QED) is 0.805. The molecular formula is C14H24N4S. The third kappa shape index (κ3) is 2.71. The first-order valence-electron chi connectivity index (χ1n) is 7.74. The Morgan fingerprint density at radius 3 is 2.68 bits per heavy atom. The molecule has 106 valence electrons. The van der Waals surface area contributed by atoms with Gasteiger partial charge in [0.05, 0.1) is 0 Å². The van der Waals surface area contributed by atoms with Crippen molar-refractivity contribution in [3.8, 4) is 0 Å². The zero-order valence-electron chi connectivity index (χ0n) is 11.8. The summed E-state index contributed by atoms with van der Waals surface area (Å²) in [4.78, 5) is 2.49. The summed E-state index contributed by atoms with van der Waals surface area (Å²) in [5, 5.41) is 7.57. The minimum absolute atomic E-state index is 0.573. The van der Waals surface area contributed by atoms with Gasteiger partial charge in [0.1, 0.15) is 0 Å². The van der Waals surface area contributed by atoms with Gasteiger partial charge in [-0.1, -0.05) is 26.2 Å². The molecule has 0 bridgehead atoms. The lowest BCUT2D eigenvalue weighted by molar-refractivity contribution is 0.503. The Morgan fingerprint density at radius 2 is 2.05 bits per heavy atom. The largest absolute Gasteiger partial charge is 0.338 e. The molecule has 0 atom stereocenters. The monoisotopic (exact) mass is 280 g/mol. The lowest BCUT2D eigenvalue weighted by Crippen LogP contribution is -2.30. The van der Waals surface area contributed by atoms with E-state index in [4.69, 9.17) is 12.2 Å². The normalized spacial score (nSPS) is 20.1. The van der Waals surface area contributed by atoms with Crippen molar-refractivity contribution >= 4 is 18.2 Å². The molecule has 1 aromatic rings. The van der Waals surface area contributed by atoms with E-state index in [2.05, 4.69) is 26.6 Å². The molecule has 0 aromatic carbocycles. The predicted molar refractivity (Wildman–Crippen MR) is 80.2 cm³/mol. The van der Waals surface area contributed by atoms with Gasteiger partial charge in [-0.2, -0.15) is 0 Å². The number of aromatic nitrogens is 3. The highest BCUT2D eigenvalue weighted by atomic mass is 32.1. The van der Waals surface area contributed by atoms with E-state index in [1.165, 1.54) is 51.4 Å². The Balaban J connectivity index is 1.87. The topological polar surface area (TPSA) is 36.9 Å². The molecule has 4 nitrogen and oxygen atoms in total. The molecule has 0 saturated heterocycles. The van der Waals surface area contributed by atoms with Crippen molar-refractivity contribution in [3.63, 3.8) is 0 Å². The fraction of sp³-hybridized carbons (Fsp3) is 0.857. The van der Waals surface area contributed by atoms with Gasteiger partial charge in [0.25, 0.3) is 0 Å². The smallest absolute Gasteiger partial charge is 0.226 e. The van der Waals surface area contributed by atoms with Crippen molar-refractivity contribution in [2.45, 2.75) is 70.4 Å². The first-order chi connectivity index (χ1) is 9.31. The lowest BCUT2D eigenvalue weighted by atomic mass is 10.2. The van der Waals surface area contributed by atoms with Crippen LogP contribution >= 0.6 is 12.2 Å². The summed E-state index contributed by atoms with van der Waals surface area (Å²) in [6, 6.07) is 1.28. The van der Waals surface area contributed by atoms with Crippen LogP contribution in [0.4, 0.5) is 5.95 Å². The first kappa shape index (κ1) is 13.2. The average molecular weight is 280 g/mol. The van der Waals surface area contributed by atoms with Crippen molar-refractivity contribution in [1.82, 2.24) is 14.8 Å². The molecule has 1 heterocycles. The first-order valence-corrected chi connectivity index (χ1v) is 8.15. The van der Waals surface area contributed by atoms with Gasteiger partial charge in [0, 0.05) is 18.6 Å². The second kappa shape index (κ2) is 5.65. The number of hydrogen-bond donors (Lipinski definition) is 1. The van der Waals surface area contributed by atoms with Crippen LogP contribution in [0.2, 0.25) is 0 Å². The van der Waals surface area contributed by atoms with E-state index in [0.717, 1.165) is 17.3 Å². The SMILES string of the molecule is CCCCN(c1n[nH]c(=S)n1C1CCCC1)C1CC1. The van der Waals surface area contributed by atoms with Gasteiger partial charge in [-0.05, 0) is 44.3 Å². The van der Waals surface area contributed by atoms with Crippen LogP contribution in [-0.2, 0) is 0 Å². The minimum Gasteiger partial charge on any atom is -0.338 e. The molecule has 0 unspecified atom stereocenters. The van der Waals surface area contributed by atoms with Crippen molar-refractivity contribution in [2.24, 2.45) is 0 Å². The van der Waals surface area contributed by atoms with Gasteiger partial charge in [-0.3, -0.25) is 4.57 Å². The molecule has 2 saturated carbocycles. The van der Waals surface area contributed by atoms with E-state index in [1.807, 2.05) is 0 Å². The Hall–Kier alpha value is -0.840. The molecule has 2 fully saturated rings. The molecule has 19 heavy (non-hydrogen) atoms. The molecule has 0 radical (unpaired) electrons. The molecule has 2 aliphatic rings. The standard InChI is InChI=1S/C14H24N4S/c1-2-3-10-17(11-8-9-11)13-15-16-14(19)18(13)12-6-4-5-7-12/h11-12H,2-10H2,1H3,(H,16,19). The zero-order valence-corrected chi connectivity index (χ0v) is 12.6. The summed E-state index contributed by atoms with van der Waals surface area (Å²) in [5.41, 5.74) is 0. The summed E-state index contributed by atoms with van der Waals surface area (Å²) in [6.07, 6.45) is 10.3. The molecule has 3 rings (SSSR count). The van der Waals surface area contributed by atoms with Gasteiger partial charge in [0.2, 0.25) is 5.95 Å². The summed E-state index contributed by atoms with van der Waals surface area (Å²) >= 11 is 5.47. The van der Waals surface area contributed by atoms with Crippen LogP contribution in [0.15, 0.2) is 0 Å². The van der Waals surface area contributed by atoms with Gasteiger partial charge < -0.3 is 4.90 Å². The van der Waals surface area contributed by atoms with Crippen LogP contribution in [0, 0.1) is 4.77 Å². The van der Waals surface area contributed by atoms with Crippen LogP contribution in [0.1, 0.15) is 64.3 Å². The van der Waals surface area contributed by atoms with E-state index in [0.29, 0.717) is 12.1 Å². The number of unbranched alkanes of at least 4 members (excludes halogenated alkanes) is 1. The minimum atomic E-state index is 0.573. The molecule has 1 aromatic heterocycles. The molecule has 2 aliphatic carbocycles. The van der Waals surface area contributed by atoms with Gasteiger partial charge in [-0.25, -0.2) is 5.10 Å². The molecular weight excluding hydrogens is 256 g/mol. The number of anilines is 1. The Kier molecular flexibility index (Phi) is 3.91. The van der Waals surface area contributed by atoms with E-state index >= 15 is 0 Å². The fourth-order valence-electron chi connectivity index (χ4n) is 3.15.